The molecule has 2 aromatic rings. The van der Waals surface area contributed by atoms with Crippen LogP contribution in [0.25, 0.3) is 0 Å². The van der Waals surface area contributed by atoms with Gasteiger partial charge in [-0.15, -0.1) is 24.0 Å². The van der Waals surface area contributed by atoms with Crippen molar-refractivity contribution in [2.45, 2.75) is 45.3 Å². The summed E-state index contributed by atoms with van der Waals surface area (Å²) in [5, 5.41) is 6.80. The van der Waals surface area contributed by atoms with Crippen molar-refractivity contribution < 1.29 is 4.42 Å². The number of aliphatic imine (C=N–C) groups is 1. The minimum Gasteiger partial charge on any atom is -0.468 e. The number of halogens is 1. The molecule has 0 spiro atoms. The fourth-order valence-corrected chi connectivity index (χ4v) is 3.85. The number of hydrogen-bond acceptors (Lipinski definition) is 4. The van der Waals surface area contributed by atoms with E-state index in [1.165, 1.54) is 43.5 Å². The molecule has 1 aromatic carbocycles. The Hall–Kier alpha value is -1.58. The molecule has 1 aliphatic heterocycles. The van der Waals surface area contributed by atoms with Crippen LogP contribution in [0, 0.1) is 0 Å². The van der Waals surface area contributed by atoms with Gasteiger partial charge >= 0.3 is 0 Å². The zero-order valence-corrected chi connectivity index (χ0v) is 21.5. The number of benzene rings is 1. The molecule has 2 heterocycles. The molecule has 2 N–H and O–H groups in total. The summed E-state index contributed by atoms with van der Waals surface area (Å²) >= 11 is 0. The third-order valence-corrected chi connectivity index (χ3v) is 5.60. The first-order valence-electron chi connectivity index (χ1n) is 11.2. The highest BCUT2D eigenvalue weighted by Gasteiger charge is 2.17. The molecule has 31 heavy (non-hydrogen) atoms. The van der Waals surface area contributed by atoms with E-state index in [9.17, 15) is 0 Å². The van der Waals surface area contributed by atoms with Crippen LogP contribution in [0.3, 0.4) is 0 Å². The summed E-state index contributed by atoms with van der Waals surface area (Å²) in [5.74, 6) is 1.78. The van der Waals surface area contributed by atoms with Gasteiger partial charge in [0, 0.05) is 19.6 Å². The predicted molar refractivity (Wildman–Crippen MR) is 139 cm³/mol. The van der Waals surface area contributed by atoms with Gasteiger partial charge in [0.05, 0.1) is 18.8 Å². The molecule has 172 valence electrons. The largest absolute Gasteiger partial charge is 0.468 e. The van der Waals surface area contributed by atoms with Crippen LogP contribution >= 0.6 is 24.0 Å². The maximum absolute atomic E-state index is 5.60. The third kappa shape index (κ3) is 8.46. The first-order valence-corrected chi connectivity index (χ1v) is 11.2. The van der Waals surface area contributed by atoms with E-state index < -0.39 is 0 Å². The van der Waals surface area contributed by atoms with E-state index >= 15 is 0 Å². The highest BCUT2D eigenvalue weighted by molar-refractivity contribution is 14.0. The molecule has 0 amide bonds. The Balaban J connectivity index is 0.00000341. The van der Waals surface area contributed by atoms with Crippen LogP contribution < -0.4 is 10.6 Å². The lowest BCUT2D eigenvalue weighted by Gasteiger charge is -2.26. The van der Waals surface area contributed by atoms with Crippen molar-refractivity contribution >= 4 is 29.9 Å². The predicted octanol–water partition coefficient (Wildman–Crippen LogP) is 4.24. The molecule has 0 aliphatic carbocycles. The molecule has 0 saturated carbocycles. The van der Waals surface area contributed by atoms with Crippen molar-refractivity contribution in [2.24, 2.45) is 4.99 Å². The maximum atomic E-state index is 5.60. The lowest BCUT2D eigenvalue weighted by molar-refractivity contribution is 0.221. The number of likely N-dealkylation sites (N-methyl/N-ethyl adjacent to an activating group) is 1. The minimum absolute atomic E-state index is 0. The number of hydrogen-bond donors (Lipinski definition) is 2. The van der Waals surface area contributed by atoms with E-state index in [0.29, 0.717) is 6.54 Å². The zero-order chi connectivity index (χ0) is 21.2. The van der Waals surface area contributed by atoms with Gasteiger partial charge in [0.15, 0.2) is 5.96 Å². The van der Waals surface area contributed by atoms with E-state index in [0.717, 1.165) is 31.4 Å². The van der Waals surface area contributed by atoms with Gasteiger partial charge in [0.25, 0.3) is 0 Å². The van der Waals surface area contributed by atoms with Crippen molar-refractivity contribution in [3.8, 4) is 0 Å². The number of likely N-dealkylation sites (tertiary alicyclic amines) is 1. The van der Waals surface area contributed by atoms with Crippen molar-refractivity contribution in [1.29, 1.82) is 0 Å². The number of rotatable bonds is 9. The molecule has 1 aliphatic rings. The van der Waals surface area contributed by atoms with E-state index in [-0.39, 0.29) is 30.0 Å². The number of piperidine rings is 1. The molecule has 1 atom stereocenters. The lowest BCUT2D eigenvalue weighted by Crippen LogP contribution is -2.41. The smallest absolute Gasteiger partial charge is 0.191 e. The lowest BCUT2D eigenvalue weighted by atomic mass is 10.1. The highest BCUT2D eigenvalue weighted by Crippen LogP contribution is 2.17. The second-order valence-electron chi connectivity index (χ2n) is 8.22. The minimum atomic E-state index is 0. The van der Waals surface area contributed by atoms with Gasteiger partial charge in [0.1, 0.15) is 5.76 Å². The van der Waals surface area contributed by atoms with Gasteiger partial charge in [-0.3, -0.25) is 9.80 Å². The Bertz CT molecular complexity index is 755. The van der Waals surface area contributed by atoms with E-state index in [1.807, 2.05) is 12.1 Å². The van der Waals surface area contributed by atoms with Crippen molar-refractivity contribution in [3.05, 3.63) is 59.5 Å². The third-order valence-electron chi connectivity index (χ3n) is 5.60. The van der Waals surface area contributed by atoms with Crippen molar-refractivity contribution in [2.75, 3.05) is 40.3 Å². The van der Waals surface area contributed by atoms with Gasteiger partial charge in [0.2, 0.25) is 0 Å². The van der Waals surface area contributed by atoms with Gasteiger partial charge in [-0.25, -0.2) is 4.99 Å². The van der Waals surface area contributed by atoms with Crippen LogP contribution in [-0.4, -0.2) is 56.0 Å². The maximum Gasteiger partial charge on any atom is 0.191 e. The summed E-state index contributed by atoms with van der Waals surface area (Å²) in [5.41, 5.74) is 2.62. The van der Waals surface area contributed by atoms with Gasteiger partial charge in [-0.2, -0.15) is 0 Å². The Labute approximate surface area is 204 Å². The van der Waals surface area contributed by atoms with Gasteiger partial charge in [-0.05, 0) is 70.2 Å². The standard InChI is InChI=1S/C24H37N5O.HI/c1-4-25-24(27-18-22(28(2)3)23-9-8-16-30-23)26-17-20-10-12-21(13-11-20)19-29-14-6-5-7-15-29;/h8-13,16,22H,4-7,14-15,17-19H2,1-3H3,(H2,25,26,27);1H. The molecule has 1 aromatic heterocycles. The van der Waals surface area contributed by atoms with E-state index in [1.54, 1.807) is 6.26 Å². The van der Waals surface area contributed by atoms with Crippen molar-refractivity contribution in [3.63, 3.8) is 0 Å². The molecular formula is C24H38IN5O. The zero-order valence-electron chi connectivity index (χ0n) is 19.1. The summed E-state index contributed by atoms with van der Waals surface area (Å²) < 4.78 is 5.60. The van der Waals surface area contributed by atoms with Crippen LogP contribution in [0.2, 0.25) is 0 Å². The van der Waals surface area contributed by atoms with Crippen LogP contribution in [0.4, 0.5) is 0 Å². The van der Waals surface area contributed by atoms with Crippen LogP contribution in [0.5, 0.6) is 0 Å². The Morgan fingerprint density at radius 2 is 1.77 bits per heavy atom. The van der Waals surface area contributed by atoms with Gasteiger partial charge in [-0.1, -0.05) is 30.7 Å². The molecule has 3 rings (SSSR count). The number of furan rings is 1. The molecule has 7 heteroatoms. The molecule has 1 saturated heterocycles. The molecule has 0 radical (unpaired) electrons. The van der Waals surface area contributed by atoms with E-state index in [4.69, 9.17) is 9.41 Å². The number of nitrogens with zero attached hydrogens (tertiary/aromatic N) is 3. The monoisotopic (exact) mass is 539 g/mol. The quantitative estimate of drug-likeness (QED) is 0.284. The Morgan fingerprint density at radius 3 is 2.39 bits per heavy atom. The first-order chi connectivity index (χ1) is 14.7. The summed E-state index contributed by atoms with van der Waals surface area (Å²) in [6, 6.07) is 13.0. The Kier molecular flexibility index (Phi) is 11.4. The molecule has 1 unspecified atom stereocenters. The summed E-state index contributed by atoms with van der Waals surface area (Å²) in [4.78, 5) is 9.49. The fraction of sp³-hybridized carbons (Fsp3) is 0.542. The normalized spacial score (nSPS) is 16.1. The molecule has 1 fully saturated rings. The molecule has 0 bridgehead atoms. The highest BCUT2D eigenvalue weighted by atomic mass is 127. The number of nitrogens with one attached hydrogen (secondary N) is 2. The summed E-state index contributed by atoms with van der Waals surface area (Å²) in [7, 11) is 4.12. The Morgan fingerprint density at radius 1 is 1.06 bits per heavy atom. The van der Waals surface area contributed by atoms with Crippen LogP contribution in [-0.2, 0) is 13.1 Å². The van der Waals surface area contributed by atoms with E-state index in [2.05, 4.69) is 65.7 Å². The van der Waals surface area contributed by atoms with Crippen LogP contribution in [0.15, 0.2) is 52.1 Å². The summed E-state index contributed by atoms with van der Waals surface area (Å²) in [6.45, 7) is 7.82. The number of guanidine groups is 1. The topological polar surface area (TPSA) is 56.0 Å². The molecular weight excluding hydrogens is 501 g/mol. The average Bonchev–Trinajstić information content (AvgIpc) is 3.28. The second kappa shape index (κ2) is 13.8. The summed E-state index contributed by atoms with van der Waals surface area (Å²) in [6.07, 6.45) is 5.77. The average molecular weight is 540 g/mol. The van der Waals surface area contributed by atoms with Crippen molar-refractivity contribution in [1.82, 2.24) is 20.4 Å². The second-order valence-corrected chi connectivity index (χ2v) is 8.22. The first kappa shape index (κ1) is 25.7. The fourth-order valence-electron chi connectivity index (χ4n) is 3.85. The van der Waals surface area contributed by atoms with Gasteiger partial charge < -0.3 is 15.1 Å². The molecule has 6 nitrogen and oxygen atoms in total. The SMILES string of the molecule is CCNC(=NCc1ccc(CN2CCCCC2)cc1)NCC(c1ccco1)N(C)C.I. The van der Waals surface area contributed by atoms with Crippen LogP contribution in [0.1, 0.15) is 49.1 Å².